The number of ether oxygens (including phenoxy) is 1. The van der Waals surface area contributed by atoms with Crippen LogP contribution in [0.4, 0.5) is 0 Å². The number of rotatable bonds is 3. The number of hydrogen-bond acceptors (Lipinski definition) is 5. The van der Waals surface area contributed by atoms with Crippen molar-refractivity contribution in [2.75, 3.05) is 6.61 Å². The molecule has 0 spiro atoms. The van der Waals surface area contributed by atoms with E-state index < -0.39 is 5.97 Å². The van der Waals surface area contributed by atoms with E-state index in [4.69, 9.17) is 4.74 Å². The number of nitrogens with zero attached hydrogens (tertiary/aromatic N) is 2. The summed E-state index contributed by atoms with van der Waals surface area (Å²) in [5.74, 6) is -0.769. The first-order chi connectivity index (χ1) is 8.19. The van der Waals surface area contributed by atoms with Crippen molar-refractivity contribution in [3.05, 3.63) is 29.6 Å². The number of aromatic hydroxyl groups is 1. The highest BCUT2D eigenvalue weighted by molar-refractivity contribution is 6.03. The Hall–Kier alpha value is -2.37. The van der Waals surface area contributed by atoms with Gasteiger partial charge in [-0.15, -0.1) is 0 Å². The van der Waals surface area contributed by atoms with Gasteiger partial charge in [0.15, 0.2) is 6.29 Å². The summed E-state index contributed by atoms with van der Waals surface area (Å²) in [5, 5.41) is 13.5. The van der Waals surface area contributed by atoms with Gasteiger partial charge in [0, 0.05) is 6.20 Å². The van der Waals surface area contributed by atoms with E-state index >= 15 is 0 Å². The highest BCUT2D eigenvalue weighted by Crippen LogP contribution is 2.23. The highest BCUT2D eigenvalue weighted by atomic mass is 16.5. The molecule has 6 nitrogen and oxygen atoms in total. The topological polar surface area (TPSA) is 80.9 Å². The van der Waals surface area contributed by atoms with Gasteiger partial charge < -0.3 is 9.84 Å². The number of aldehydes is 1. The molecule has 2 aromatic heterocycles. The first kappa shape index (κ1) is 11.1. The molecule has 1 N–H and O–H groups in total. The Bertz CT molecular complexity index is 588. The van der Waals surface area contributed by atoms with Crippen LogP contribution in [-0.2, 0) is 4.74 Å². The number of fused-ring (bicyclic) bond motifs is 1. The van der Waals surface area contributed by atoms with E-state index in [1.54, 1.807) is 6.92 Å². The SMILES string of the molecule is CCOC(=O)c1cnn2ccc(O)c(C=O)c12. The fraction of sp³-hybridized carbons (Fsp3) is 0.182. The van der Waals surface area contributed by atoms with Gasteiger partial charge in [0.05, 0.1) is 23.9 Å². The maximum Gasteiger partial charge on any atom is 0.342 e. The third-order valence-corrected chi connectivity index (χ3v) is 2.31. The molecule has 0 atom stereocenters. The van der Waals surface area contributed by atoms with Crippen LogP contribution < -0.4 is 0 Å². The van der Waals surface area contributed by atoms with Crippen molar-refractivity contribution in [1.29, 1.82) is 0 Å². The van der Waals surface area contributed by atoms with Crippen molar-refractivity contribution >= 4 is 17.8 Å². The van der Waals surface area contributed by atoms with E-state index in [2.05, 4.69) is 5.10 Å². The molecule has 0 radical (unpaired) electrons. The Kier molecular flexibility index (Phi) is 2.78. The van der Waals surface area contributed by atoms with Gasteiger partial charge >= 0.3 is 5.97 Å². The van der Waals surface area contributed by atoms with E-state index in [-0.39, 0.29) is 29.0 Å². The summed E-state index contributed by atoms with van der Waals surface area (Å²) in [4.78, 5) is 22.5. The third-order valence-electron chi connectivity index (χ3n) is 2.31. The molecule has 0 amide bonds. The van der Waals surface area contributed by atoms with Gasteiger partial charge in [-0.3, -0.25) is 4.79 Å². The molecule has 2 heterocycles. The van der Waals surface area contributed by atoms with Crippen LogP contribution in [0.5, 0.6) is 5.75 Å². The number of carbonyl (C=O) groups is 2. The van der Waals surface area contributed by atoms with Gasteiger partial charge in [0.1, 0.15) is 11.3 Å². The molecule has 0 unspecified atom stereocenters. The van der Waals surface area contributed by atoms with Gasteiger partial charge in [-0.25, -0.2) is 9.31 Å². The molecule has 0 aliphatic carbocycles. The van der Waals surface area contributed by atoms with Crippen LogP contribution in [-0.4, -0.2) is 33.6 Å². The van der Waals surface area contributed by atoms with Crippen molar-refractivity contribution in [2.45, 2.75) is 6.92 Å². The molecular weight excluding hydrogens is 224 g/mol. The van der Waals surface area contributed by atoms with E-state index in [1.807, 2.05) is 0 Å². The second-order valence-corrected chi connectivity index (χ2v) is 3.30. The first-order valence-corrected chi connectivity index (χ1v) is 5.00. The largest absolute Gasteiger partial charge is 0.507 e. The lowest BCUT2D eigenvalue weighted by Crippen LogP contribution is -2.05. The molecule has 2 aromatic rings. The van der Waals surface area contributed by atoms with Crippen molar-refractivity contribution in [3.63, 3.8) is 0 Å². The van der Waals surface area contributed by atoms with Gasteiger partial charge in [-0.1, -0.05) is 0 Å². The third kappa shape index (κ3) is 1.73. The number of aromatic nitrogens is 2. The number of hydrogen-bond donors (Lipinski definition) is 1. The Morgan fingerprint density at radius 2 is 2.41 bits per heavy atom. The lowest BCUT2D eigenvalue weighted by molar-refractivity contribution is 0.0528. The van der Waals surface area contributed by atoms with Crippen LogP contribution in [0.25, 0.3) is 5.52 Å². The van der Waals surface area contributed by atoms with E-state index in [0.717, 1.165) is 0 Å². The van der Waals surface area contributed by atoms with Crippen LogP contribution in [0, 0.1) is 0 Å². The zero-order valence-corrected chi connectivity index (χ0v) is 9.08. The van der Waals surface area contributed by atoms with E-state index in [9.17, 15) is 14.7 Å². The Balaban J connectivity index is 2.69. The molecule has 0 aromatic carbocycles. The maximum absolute atomic E-state index is 11.6. The zero-order chi connectivity index (χ0) is 12.4. The van der Waals surface area contributed by atoms with Crippen molar-refractivity contribution < 1.29 is 19.4 Å². The number of pyridine rings is 1. The second-order valence-electron chi connectivity index (χ2n) is 3.30. The second kappa shape index (κ2) is 4.25. The van der Waals surface area contributed by atoms with Crippen LogP contribution in [0.15, 0.2) is 18.5 Å². The van der Waals surface area contributed by atoms with Crippen LogP contribution >= 0.6 is 0 Å². The van der Waals surface area contributed by atoms with Gasteiger partial charge in [0.2, 0.25) is 0 Å². The van der Waals surface area contributed by atoms with Crippen LogP contribution in [0.1, 0.15) is 27.6 Å². The molecule has 0 bridgehead atoms. The molecule has 88 valence electrons. The molecule has 0 aliphatic rings. The standard InChI is InChI=1S/C11H10N2O4/c1-2-17-11(16)7-5-12-13-4-3-9(15)8(6-14)10(7)13/h3-6,15H,2H2,1H3. The van der Waals surface area contributed by atoms with Crippen LogP contribution in [0.2, 0.25) is 0 Å². The van der Waals surface area contributed by atoms with Gasteiger partial charge in [0.25, 0.3) is 0 Å². The Morgan fingerprint density at radius 3 is 3.06 bits per heavy atom. The minimum Gasteiger partial charge on any atom is -0.507 e. The summed E-state index contributed by atoms with van der Waals surface area (Å²) in [7, 11) is 0. The number of carbonyl (C=O) groups excluding carboxylic acids is 2. The van der Waals surface area contributed by atoms with Crippen LogP contribution in [0.3, 0.4) is 0 Å². The quantitative estimate of drug-likeness (QED) is 0.633. The Morgan fingerprint density at radius 1 is 1.65 bits per heavy atom. The van der Waals surface area contributed by atoms with Gasteiger partial charge in [-0.2, -0.15) is 5.10 Å². The smallest absolute Gasteiger partial charge is 0.342 e. The molecule has 17 heavy (non-hydrogen) atoms. The molecule has 2 rings (SSSR count). The minimum atomic E-state index is -0.573. The van der Waals surface area contributed by atoms with Crippen molar-refractivity contribution in [3.8, 4) is 5.75 Å². The monoisotopic (exact) mass is 234 g/mol. The molecule has 0 aliphatic heterocycles. The van der Waals surface area contributed by atoms with E-state index in [0.29, 0.717) is 6.29 Å². The van der Waals surface area contributed by atoms with E-state index in [1.165, 1.54) is 23.0 Å². The first-order valence-electron chi connectivity index (χ1n) is 5.00. The molecule has 0 fully saturated rings. The fourth-order valence-corrected chi connectivity index (χ4v) is 1.57. The summed E-state index contributed by atoms with van der Waals surface area (Å²) in [6.45, 7) is 1.91. The maximum atomic E-state index is 11.6. The average molecular weight is 234 g/mol. The normalized spacial score (nSPS) is 10.4. The summed E-state index contributed by atoms with van der Waals surface area (Å²) < 4.78 is 6.19. The predicted molar refractivity (Wildman–Crippen MR) is 58.2 cm³/mol. The Labute approximate surface area is 96.4 Å². The highest BCUT2D eigenvalue weighted by Gasteiger charge is 2.18. The minimum absolute atomic E-state index is 0.0213. The molecule has 0 saturated heterocycles. The fourth-order valence-electron chi connectivity index (χ4n) is 1.57. The predicted octanol–water partition coefficient (Wildman–Crippen LogP) is 1.03. The lowest BCUT2D eigenvalue weighted by Gasteiger charge is -2.03. The summed E-state index contributed by atoms with van der Waals surface area (Å²) in [6.07, 6.45) is 3.25. The summed E-state index contributed by atoms with van der Waals surface area (Å²) >= 11 is 0. The summed E-state index contributed by atoms with van der Waals surface area (Å²) in [5.41, 5.74) is 0.427. The molecule has 6 heteroatoms. The summed E-state index contributed by atoms with van der Waals surface area (Å²) in [6, 6.07) is 1.33. The van der Waals surface area contributed by atoms with Crippen molar-refractivity contribution in [2.24, 2.45) is 0 Å². The lowest BCUT2D eigenvalue weighted by atomic mass is 10.1. The van der Waals surface area contributed by atoms with Crippen molar-refractivity contribution in [1.82, 2.24) is 9.61 Å². The molecule has 0 saturated carbocycles. The zero-order valence-electron chi connectivity index (χ0n) is 9.08. The average Bonchev–Trinajstić information content (AvgIpc) is 2.73. The number of esters is 1. The van der Waals surface area contributed by atoms with Gasteiger partial charge in [-0.05, 0) is 13.0 Å². The molecular formula is C11H10N2O4.